The molecule has 0 aromatic rings. The molecule has 0 aromatic carbocycles. The van der Waals surface area contributed by atoms with E-state index in [4.69, 9.17) is 0 Å². The van der Waals surface area contributed by atoms with Gasteiger partial charge in [0.15, 0.2) is 0 Å². The van der Waals surface area contributed by atoms with Crippen LogP contribution in [0, 0.1) is 58.2 Å². The van der Waals surface area contributed by atoms with E-state index in [1.165, 1.54) is 64.2 Å². The summed E-state index contributed by atoms with van der Waals surface area (Å²) in [7, 11) is 0. The van der Waals surface area contributed by atoms with Crippen LogP contribution in [0.25, 0.3) is 0 Å². The van der Waals surface area contributed by atoms with Gasteiger partial charge in [0.2, 0.25) is 0 Å². The van der Waals surface area contributed by atoms with Gasteiger partial charge in [0.05, 0.1) is 12.7 Å². The van der Waals surface area contributed by atoms with E-state index in [9.17, 15) is 10.2 Å². The molecule has 0 radical (unpaired) electrons. The van der Waals surface area contributed by atoms with Crippen molar-refractivity contribution in [3.8, 4) is 0 Å². The highest BCUT2D eigenvalue weighted by Gasteiger charge is 2.61. The first kappa shape index (κ1) is 25.7. The second-order valence-corrected chi connectivity index (χ2v) is 13.8. The van der Waals surface area contributed by atoms with Gasteiger partial charge in [-0.1, -0.05) is 66.0 Å². The van der Waals surface area contributed by atoms with Crippen LogP contribution in [0.2, 0.25) is 0 Å². The Hall–Kier alpha value is -0.340. The SMILES string of the molecule is CC(C)CCC[C@@H](C)[C@H]1CCC2C3CCC4[C@H](C/C=C/CO)[C@H](O)CC[C@]4(C)C3CC[C@@]21C. The Bertz CT molecular complexity index is 670. The first-order chi connectivity index (χ1) is 15.7. The van der Waals surface area contributed by atoms with E-state index in [0.29, 0.717) is 22.7 Å². The van der Waals surface area contributed by atoms with Gasteiger partial charge < -0.3 is 10.2 Å². The minimum atomic E-state index is -0.153. The highest BCUT2D eigenvalue weighted by Crippen LogP contribution is 2.69. The number of fused-ring (bicyclic) bond motifs is 5. The predicted octanol–water partition coefficient (Wildman–Crippen LogP) is 7.63. The maximum atomic E-state index is 10.9. The molecule has 0 aromatic heterocycles. The zero-order chi connectivity index (χ0) is 23.8. The molecule has 0 aliphatic heterocycles. The fourth-order valence-corrected chi connectivity index (χ4v) is 10.2. The number of aliphatic hydroxyl groups excluding tert-OH is 2. The Kier molecular flexibility index (Phi) is 8.06. The number of rotatable bonds is 8. The monoisotopic (exact) mass is 458 g/mol. The van der Waals surface area contributed by atoms with Crippen molar-refractivity contribution in [2.75, 3.05) is 6.61 Å². The Morgan fingerprint density at radius 2 is 1.52 bits per heavy atom. The minimum Gasteiger partial charge on any atom is -0.393 e. The molecule has 0 spiro atoms. The largest absolute Gasteiger partial charge is 0.393 e. The molecular weight excluding hydrogens is 404 g/mol. The summed E-state index contributed by atoms with van der Waals surface area (Å²) in [6.45, 7) is 12.8. The summed E-state index contributed by atoms with van der Waals surface area (Å²) >= 11 is 0. The first-order valence-corrected chi connectivity index (χ1v) is 14.7. The van der Waals surface area contributed by atoms with Crippen LogP contribution in [0.3, 0.4) is 0 Å². The third kappa shape index (κ3) is 4.74. The molecular formula is C31H54O2. The third-order valence-electron chi connectivity index (χ3n) is 11.8. The molecule has 4 saturated carbocycles. The molecule has 190 valence electrons. The van der Waals surface area contributed by atoms with Crippen LogP contribution in [0.1, 0.15) is 112 Å². The highest BCUT2D eigenvalue weighted by molar-refractivity contribution is 5.11. The van der Waals surface area contributed by atoms with Crippen LogP contribution in [0.4, 0.5) is 0 Å². The van der Waals surface area contributed by atoms with E-state index in [1.54, 1.807) is 0 Å². The van der Waals surface area contributed by atoms with Gasteiger partial charge >= 0.3 is 0 Å². The molecule has 0 heterocycles. The molecule has 0 amide bonds. The third-order valence-corrected chi connectivity index (χ3v) is 11.8. The molecule has 2 nitrogen and oxygen atoms in total. The summed E-state index contributed by atoms with van der Waals surface area (Å²) in [5, 5.41) is 20.1. The van der Waals surface area contributed by atoms with Crippen molar-refractivity contribution in [2.24, 2.45) is 58.2 Å². The molecule has 2 heteroatoms. The Balaban J connectivity index is 1.47. The Morgan fingerprint density at radius 3 is 2.24 bits per heavy atom. The van der Waals surface area contributed by atoms with Crippen molar-refractivity contribution >= 4 is 0 Å². The average molecular weight is 459 g/mol. The van der Waals surface area contributed by atoms with Gasteiger partial charge in [-0.05, 0) is 116 Å². The van der Waals surface area contributed by atoms with Crippen molar-refractivity contribution in [1.82, 2.24) is 0 Å². The fourth-order valence-electron chi connectivity index (χ4n) is 10.2. The lowest BCUT2D eigenvalue weighted by Gasteiger charge is -2.62. The molecule has 4 fully saturated rings. The first-order valence-electron chi connectivity index (χ1n) is 14.7. The summed E-state index contributed by atoms with van der Waals surface area (Å²) in [6, 6.07) is 0. The van der Waals surface area contributed by atoms with Crippen LogP contribution >= 0.6 is 0 Å². The summed E-state index contributed by atoms with van der Waals surface area (Å²) in [6.07, 6.45) is 19.7. The van der Waals surface area contributed by atoms with E-state index < -0.39 is 0 Å². The van der Waals surface area contributed by atoms with E-state index in [0.717, 1.165) is 48.3 Å². The topological polar surface area (TPSA) is 40.5 Å². The van der Waals surface area contributed by atoms with E-state index in [-0.39, 0.29) is 12.7 Å². The summed E-state index contributed by atoms with van der Waals surface area (Å²) in [5.41, 5.74) is 0.973. The number of hydrogen-bond acceptors (Lipinski definition) is 2. The number of aliphatic hydroxyl groups is 2. The molecule has 2 N–H and O–H groups in total. The summed E-state index contributed by atoms with van der Waals surface area (Å²) in [5.74, 6) is 6.42. The quantitative estimate of drug-likeness (QED) is 0.367. The van der Waals surface area contributed by atoms with Crippen molar-refractivity contribution in [1.29, 1.82) is 0 Å². The molecule has 0 saturated heterocycles. The Labute approximate surface area is 205 Å². The molecule has 4 rings (SSSR count). The van der Waals surface area contributed by atoms with E-state index >= 15 is 0 Å². The van der Waals surface area contributed by atoms with Crippen LogP contribution in [0.5, 0.6) is 0 Å². The van der Waals surface area contributed by atoms with Gasteiger partial charge in [-0.3, -0.25) is 0 Å². The lowest BCUT2D eigenvalue weighted by atomic mass is 9.43. The van der Waals surface area contributed by atoms with Crippen LogP contribution in [-0.4, -0.2) is 22.9 Å². The predicted molar refractivity (Wildman–Crippen MR) is 139 cm³/mol. The lowest BCUT2D eigenvalue weighted by molar-refractivity contribution is -0.152. The number of allylic oxidation sites excluding steroid dienone is 1. The summed E-state index contributed by atoms with van der Waals surface area (Å²) in [4.78, 5) is 0. The van der Waals surface area contributed by atoms with Crippen LogP contribution < -0.4 is 0 Å². The normalized spacial score (nSPS) is 46.2. The average Bonchev–Trinajstić information content (AvgIpc) is 3.12. The zero-order valence-electron chi connectivity index (χ0n) is 22.4. The van der Waals surface area contributed by atoms with Crippen molar-refractivity contribution in [2.45, 2.75) is 118 Å². The maximum Gasteiger partial charge on any atom is 0.0612 e. The van der Waals surface area contributed by atoms with Gasteiger partial charge in [0.25, 0.3) is 0 Å². The van der Waals surface area contributed by atoms with Gasteiger partial charge in [0.1, 0.15) is 0 Å². The highest BCUT2D eigenvalue weighted by atomic mass is 16.3. The van der Waals surface area contributed by atoms with Gasteiger partial charge in [-0.15, -0.1) is 0 Å². The minimum absolute atomic E-state index is 0.118. The van der Waals surface area contributed by atoms with Gasteiger partial charge in [-0.25, -0.2) is 0 Å². The molecule has 0 bridgehead atoms. The molecule has 4 aliphatic rings. The van der Waals surface area contributed by atoms with E-state index in [1.807, 2.05) is 6.08 Å². The number of hydrogen-bond donors (Lipinski definition) is 2. The van der Waals surface area contributed by atoms with E-state index in [2.05, 4.69) is 40.7 Å². The second-order valence-electron chi connectivity index (χ2n) is 13.8. The molecule has 10 atom stereocenters. The van der Waals surface area contributed by atoms with Crippen molar-refractivity contribution < 1.29 is 10.2 Å². The molecule has 33 heavy (non-hydrogen) atoms. The Morgan fingerprint density at radius 1 is 0.818 bits per heavy atom. The fraction of sp³-hybridized carbons (Fsp3) is 0.935. The summed E-state index contributed by atoms with van der Waals surface area (Å²) < 4.78 is 0. The van der Waals surface area contributed by atoms with Crippen molar-refractivity contribution in [3.63, 3.8) is 0 Å². The maximum absolute atomic E-state index is 10.9. The lowest BCUT2D eigenvalue weighted by Crippen LogP contribution is -2.56. The second kappa shape index (κ2) is 10.3. The van der Waals surface area contributed by atoms with Crippen LogP contribution in [0.15, 0.2) is 12.2 Å². The zero-order valence-corrected chi connectivity index (χ0v) is 22.4. The standard InChI is InChI=1S/C31H54O2/c1-21(2)9-8-10-22(3)25-14-15-26-23-12-13-27-24(11-6-7-20-32)29(33)17-19-31(27,5)28(23)16-18-30(25,26)4/h6-7,21-29,32-33H,8-20H2,1-5H3/b7-6+/t22-,23?,24+,25-,26?,27?,28?,29-,30-,31+/m1/s1. The van der Waals surface area contributed by atoms with Gasteiger partial charge in [-0.2, -0.15) is 0 Å². The van der Waals surface area contributed by atoms with Gasteiger partial charge in [0, 0.05) is 0 Å². The molecule has 4 aliphatic carbocycles. The van der Waals surface area contributed by atoms with Crippen LogP contribution in [-0.2, 0) is 0 Å². The van der Waals surface area contributed by atoms with Crippen molar-refractivity contribution in [3.05, 3.63) is 12.2 Å². The smallest absolute Gasteiger partial charge is 0.0612 e. The molecule has 4 unspecified atom stereocenters.